The van der Waals surface area contributed by atoms with E-state index in [1.54, 1.807) is 17.0 Å². The molecule has 28 heavy (non-hydrogen) atoms. The van der Waals surface area contributed by atoms with Crippen LogP contribution in [0.15, 0.2) is 36.7 Å². The minimum atomic E-state index is -0.371. The smallest absolute Gasteiger partial charge is 0.257 e. The number of H-pyrrole nitrogens is 1. The van der Waals surface area contributed by atoms with Gasteiger partial charge in [-0.15, -0.1) is 0 Å². The summed E-state index contributed by atoms with van der Waals surface area (Å²) >= 11 is 0. The lowest BCUT2D eigenvalue weighted by atomic mass is 10.2. The fraction of sp³-hybridized carbons (Fsp3) is 0.450. The van der Waals surface area contributed by atoms with Crippen molar-refractivity contribution in [1.82, 2.24) is 20.0 Å². The number of nitrogens with zero attached hydrogens (tertiary/aromatic N) is 3. The highest BCUT2D eigenvalue weighted by atomic mass is 19.1. The zero-order valence-electron chi connectivity index (χ0n) is 16.1. The number of hydrogen-bond acceptors (Lipinski definition) is 4. The van der Waals surface area contributed by atoms with Crippen molar-refractivity contribution in [3.63, 3.8) is 0 Å². The van der Waals surface area contributed by atoms with Crippen LogP contribution in [-0.4, -0.2) is 64.1 Å². The normalized spacial score (nSPS) is 17.9. The molecule has 1 atom stereocenters. The molecule has 1 aromatic heterocycles. The van der Waals surface area contributed by atoms with Gasteiger partial charge >= 0.3 is 0 Å². The first-order chi connectivity index (χ1) is 13.4. The van der Waals surface area contributed by atoms with Gasteiger partial charge < -0.3 is 14.5 Å². The maximum Gasteiger partial charge on any atom is 0.257 e. The Kier molecular flexibility index (Phi) is 6.41. The van der Waals surface area contributed by atoms with Crippen LogP contribution in [0.4, 0.5) is 4.39 Å². The molecule has 3 rings (SSSR count). The van der Waals surface area contributed by atoms with Gasteiger partial charge in [0.25, 0.3) is 5.91 Å². The van der Waals surface area contributed by atoms with Gasteiger partial charge in [0.1, 0.15) is 12.4 Å². The molecule has 2 heterocycles. The quantitative estimate of drug-likeness (QED) is 0.822. The first-order valence-corrected chi connectivity index (χ1v) is 9.34. The third-order valence-electron chi connectivity index (χ3n) is 4.52. The molecule has 1 fully saturated rings. The largest absolute Gasteiger partial charge is 0.370 e. The van der Waals surface area contributed by atoms with Gasteiger partial charge in [-0.25, -0.2) is 4.39 Å². The van der Waals surface area contributed by atoms with Crippen molar-refractivity contribution in [3.8, 4) is 0 Å². The van der Waals surface area contributed by atoms with E-state index in [9.17, 15) is 14.0 Å². The number of aromatic amines is 1. The topological polar surface area (TPSA) is 78.5 Å². The molecule has 2 amide bonds. The van der Waals surface area contributed by atoms with Crippen molar-refractivity contribution in [2.24, 2.45) is 5.92 Å². The molecule has 0 saturated carbocycles. The minimum absolute atomic E-state index is 0.00341. The molecule has 150 valence electrons. The Morgan fingerprint density at radius 2 is 2.21 bits per heavy atom. The number of benzene rings is 1. The number of carbonyl (C=O) groups is 2. The van der Waals surface area contributed by atoms with Gasteiger partial charge in [-0.1, -0.05) is 26.0 Å². The molecule has 0 bridgehead atoms. The van der Waals surface area contributed by atoms with Gasteiger partial charge in [-0.3, -0.25) is 14.7 Å². The SMILES string of the molecule is CC(C)CN1C[C@H](OCc2cccc(F)c2)CN(C(=O)c2cn[nH]c2)CC1=O. The highest BCUT2D eigenvalue weighted by Crippen LogP contribution is 2.15. The number of halogens is 1. The molecule has 1 aliphatic rings. The second kappa shape index (κ2) is 8.97. The second-order valence-corrected chi connectivity index (χ2v) is 7.43. The number of amides is 2. The van der Waals surface area contributed by atoms with Gasteiger partial charge in [0, 0.05) is 25.8 Å². The van der Waals surface area contributed by atoms with Crippen molar-refractivity contribution >= 4 is 11.8 Å². The summed E-state index contributed by atoms with van der Waals surface area (Å²) < 4.78 is 19.4. The average Bonchev–Trinajstić information content (AvgIpc) is 3.13. The Morgan fingerprint density at radius 3 is 2.89 bits per heavy atom. The van der Waals surface area contributed by atoms with Crippen molar-refractivity contribution in [1.29, 1.82) is 0 Å². The third kappa shape index (κ3) is 5.16. The molecular formula is C20H25FN4O3. The maximum atomic E-state index is 13.4. The van der Waals surface area contributed by atoms with Crippen LogP contribution in [0.1, 0.15) is 29.8 Å². The average molecular weight is 388 g/mol. The van der Waals surface area contributed by atoms with Crippen molar-refractivity contribution in [2.75, 3.05) is 26.2 Å². The molecule has 8 heteroatoms. The second-order valence-electron chi connectivity index (χ2n) is 7.43. The fourth-order valence-electron chi connectivity index (χ4n) is 3.25. The van der Waals surface area contributed by atoms with Crippen LogP contribution in [-0.2, 0) is 16.1 Å². The van der Waals surface area contributed by atoms with E-state index in [2.05, 4.69) is 10.2 Å². The van der Waals surface area contributed by atoms with E-state index in [1.165, 1.54) is 29.4 Å². The Bertz CT molecular complexity index is 810. The Labute approximate surface area is 163 Å². The van der Waals surface area contributed by atoms with Crippen LogP contribution in [0.25, 0.3) is 0 Å². The summed E-state index contributed by atoms with van der Waals surface area (Å²) in [5.74, 6) is -0.408. The molecule has 1 saturated heterocycles. The van der Waals surface area contributed by atoms with Crippen molar-refractivity contribution in [2.45, 2.75) is 26.6 Å². The summed E-state index contributed by atoms with van der Waals surface area (Å²) in [6.45, 7) is 5.54. The van der Waals surface area contributed by atoms with Crippen LogP contribution in [0.5, 0.6) is 0 Å². The number of aromatic nitrogens is 2. The molecule has 2 aromatic rings. The van der Waals surface area contributed by atoms with E-state index >= 15 is 0 Å². The zero-order chi connectivity index (χ0) is 20.1. The van der Waals surface area contributed by atoms with Crippen LogP contribution >= 0.6 is 0 Å². The molecule has 0 spiro atoms. The van der Waals surface area contributed by atoms with Gasteiger partial charge in [0.15, 0.2) is 0 Å². The summed E-state index contributed by atoms with van der Waals surface area (Å²) in [5.41, 5.74) is 1.10. The Hall–Kier alpha value is -2.74. The molecule has 1 N–H and O–H groups in total. The van der Waals surface area contributed by atoms with E-state index in [1.807, 2.05) is 13.8 Å². The number of hydrogen-bond donors (Lipinski definition) is 1. The molecule has 0 radical (unpaired) electrons. The summed E-state index contributed by atoms with van der Waals surface area (Å²) in [5, 5.41) is 6.42. The van der Waals surface area contributed by atoms with Gasteiger partial charge in [0.2, 0.25) is 5.91 Å². The molecule has 0 aliphatic carbocycles. The van der Waals surface area contributed by atoms with Crippen molar-refractivity contribution < 1.29 is 18.7 Å². The highest BCUT2D eigenvalue weighted by Gasteiger charge is 2.31. The zero-order valence-corrected chi connectivity index (χ0v) is 16.1. The van der Waals surface area contributed by atoms with Crippen LogP contribution < -0.4 is 0 Å². The summed E-state index contributed by atoms with van der Waals surface area (Å²) in [4.78, 5) is 28.7. The maximum absolute atomic E-state index is 13.4. The predicted octanol–water partition coefficient (Wildman–Crippen LogP) is 2.07. The van der Waals surface area contributed by atoms with Gasteiger partial charge in [-0.2, -0.15) is 5.10 Å². The van der Waals surface area contributed by atoms with Crippen LogP contribution in [0.3, 0.4) is 0 Å². The standard InChI is InChI=1S/C20H25FN4O3/c1-14(2)9-24-10-18(28-13-15-4-3-5-17(21)6-15)11-25(12-19(24)26)20(27)16-7-22-23-8-16/h3-8,14,18H,9-13H2,1-2H3,(H,22,23)/t18-/m0/s1. The van der Waals surface area contributed by atoms with Gasteiger partial charge in [0.05, 0.1) is 24.5 Å². The predicted molar refractivity (Wildman–Crippen MR) is 101 cm³/mol. The molecule has 7 nitrogen and oxygen atoms in total. The lowest BCUT2D eigenvalue weighted by Gasteiger charge is -2.26. The monoisotopic (exact) mass is 388 g/mol. The fourth-order valence-corrected chi connectivity index (χ4v) is 3.25. The first-order valence-electron chi connectivity index (χ1n) is 9.34. The number of carbonyl (C=O) groups excluding carboxylic acids is 2. The summed E-state index contributed by atoms with van der Waals surface area (Å²) in [7, 11) is 0. The van der Waals surface area contributed by atoms with Crippen LogP contribution in [0, 0.1) is 11.7 Å². The van der Waals surface area contributed by atoms with E-state index in [-0.39, 0.29) is 43.4 Å². The molecule has 0 unspecified atom stereocenters. The van der Waals surface area contributed by atoms with Crippen molar-refractivity contribution in [3.05, 3.63) is 53.6 Å². The third-order valence-corrected chi connectivity index (χ3v) is 4.52. The first kappa shape index (κ1) is 20.0. The lowest BCUT2D eigenvalue weighted by molar-refractivity contribution is -0.132. The molecule has 1 aliphatic heterocycles. The highest BCUT2D eigenvalue weighted by molar-refractivity contribution is 5.96. The van der Waals surface area contributed by atoms with Crippen LogP contribution in [0.2, 0.25) is 0 Å². The number of rotatable bonds is 6. The number of nitrogens with one attached hydrogen (secondary N) is 1. The lowest BCUT2D eigenvalue weighted by Crippen LogP contribution is -2.40. The minimum Gasteiger partial charge on any atom is -0.370 e. The Morgan fingerprint density at radius 1 is 1.39 bits per heavy atom. The molecule has 1 aromatic carbocycles. The van der Waals surface area contributed by atoms with E-state index in [4.69, 9.17) is 4.74 Å². The van der Waals surface area contributed by atoms with E-state index in [0.29, 0.717) is 30.1 Å². The van der Waals surface area contributed by atoms with Gasteiger partial charge in [-0.05, 0) is 23.6 Å². The summed E-state index contributed by atoms with van der Waals surface area (Å²) in [6, 6.07) is 6.21. The summed E-state index contributed by atoms with van der Waals surface area (Å²) in [6.07, 6.45) is 2.57. The Balaban J connectivity index is 1.75. The number of ether oxygens (including phenoxy) is 1. The van der Waals surface area contributed by atoms with E-state index in [0.717, 1.165) is 0 Å². The van der Waals surface area contributed by atoms with E-state index < -0.39 is 0 Å². The molecular weight excluding hydrogens is 363 g/mol.